The van der Waals surface area contributed by atoms with Crippen molar-refractivity contribution in [1.29, 1.82) is 0 Å². The van der Waals surface area contributed by atoms with Gasteiger partial charge >= 0.3 is 0 Å². The first-order chi connectivity index (χ1) is 8.92. The molecule has 18 heavy (non-hydrogen) atoms. The fourth-order valence-electron chi connectivity index (χ4n) is 2.81. The molecule has 0 saturated carbocycles. The van der Waals surface area contributed by atoms with Gasteiger partial charge in [0.15, 0.2) is 0 Å². The molecule has 3 nitrogen and oxygen atoms in total. The Morgan fingerprint density at radius 1 is 1.22 bits per heavy atom. The van der Waals surface area contributed by atoms with E-state index in [-0.39, 0.29) is 0 Å². The van der Waals surface area contributed by atoms with Crippen LogP contribution in [0.4, 0.5) is 0 Å². The molecule has 1 N–H and O–H groups in total. The number of ether oxygens (including phenoxy) is 1. The van der Waals surface area contributed by atoms with Crippen LogP contribution in [0.15, 0.2) is 18.2 Å². The second-order valence-corrected chi connectivity index (χ2v) is 5.24. The van der Waals surface area contributed by atoms with Crippen LogP contribution in [0, 0.1) is 0 Å². The average molecular weight is 246 g/mol. The van der Waals surface area contributed by atoms with E-state index < -0.39 is 0 Å². The van der Waals surface area contributed by atoms with Crippen molar-refractivity contribution in [2.24, 2.45) is 0 Å². The number of hydrogen-bond acceptors (Lipinski definition) is 3. The van der Waals surface area contributed by atoms with Gasteiger partial charge < -0.3 is 15.0 Å². The minimum atomic E-state index is 0.858. The molecule has 0 unspecified atom stereocenters. The molecule has 0 aromatic heterocycles. The van der Waals surface area contributed by atoms with Gasteiger partial charge in [-0.25, -0.2) is 0 Å². The van der Waals surface area contributed by atoms with E-state index in [1.54, 1.807) is 0 Å². The third-order valence-electron chi connectivity index (χ3n) is 3.90. The summed E-state index contributed by atoms with van der Waals surface area (Å²) in [5.74, 6) is 1.10. The van der Waals surface area contributed by atoms with Gasteiger partial charge in [-0.3, -0.25) is 0 Å². The van der Waals surface area contributed by atoms with Crippen LogP contribution in [0.5, 0.6) is 5.75 Å². The molecule has 2 aliphatic heterocycles. The van der Waals surface area contributed by atoms with Crippen LogP contribution in [0.3, 0.4) is 0 Å². The largest absolute Gasteiger partial charge is 0.493 e. The molecule has 0 bridgehead atoms. The van der Waals surface area contributed by atoms with Crippen molar-refractivity contribution in [2.45, 2.75) is 19.3 Å². The summed E-state index contributed by atoms with van der Waals surface area (Å²) in [5.41, 5.74) is 2.85. The van der Waals surface area contributed by atoms with Crippen molar-refractivity contribution in [1.82, 2.24) is 10.2 Å². The minimum Gasteiger partial charge on any atom is -0.493 e. The van der Waals surface area contributed by atoms with Gasteiger partial charge in [0.05, 0.1) is 6.61 Å². The van der Waals surface area contributed by atoms with Crippen LogP contribution >= 0.6 is 0 Å². The molecule has 2 heterocycles. The Labute approximate surface area is 109 Å². The molecule has 0 radical (unpaired) electrons. The van der Waals surface area contributed by atoms with Crippen LogP contribution in [0.2, 0.25) is 0 Å². The molecular formula is C15H22N2O. The molecule has 1 saturated heterocycles. The van der Waals surface area contributed by atoms with Crippen molar-refractivity contribution in [3.63, 3.8) is 0 Å². The third kappa shape index (κ3) is 2.85. The smallest absolute Gasteiger partial charge is 0.122 e. The van der Waals surface area contributed by atoms with Crippen molar-refractivity contribution in [3.8, 4) is 5.75 Å². The summed E-state index contributed by atoms with van der Waals surface area (Å²) >= 11 is 0. The van der Waals surface area contributed by atoms with Gasteiger partial charge in [0, 0.05) is 26.1 Å². The first kappa shape index (κ1) is 12.0. The average Bonchev–Trinajstić information content (AvgIpc) is 2.70. The van der Waals surface area contributed by atoms with E-state index in [9.17, 15) is 0 Å². The minimum absolute atomic E-state index is 0.858. The van der Waals surface area contributed by atoms with Crippen molar-refractivity contribution < 1.29 is 4.74 Å². The number of fused-ring (bicyclic) bond motifs is 1. The second kappa shape index (κ2) is 5.72. The van der Waals surface area contributed by atoms with Gasteiger partial charge in [-0.15, -0.1) is 0 Å². The number of hydrogen-bond donors (Lipinski definition) is 1. The van der Waals surface area contributed by atoms with Gasteiger partial charge in [-0.05, 0) is 43.1 Å². The molecule has 3 heteroatoms. The zero-order valence-electron chi connectivity index (χ0n) is 11.0. The summed E-state index contributed by atoms with van der Waals surface area (Å²) < 4.78 is 5.55. The number of rotatable bonds is 3. The van der Waals surface area contributed by atoms with E-state index >= 15 is 0 Å². The van der Waals surface area contributed by atoms with E-state index in [4.69, 9.17) is 4.74 Å². The molecule has 0 aliphatic carbocycles. The maximum atomic E-state index is 5.55. The number of benzene rings is 1. The van der Waals surface area contributed by atoms with Gasteiger partial charge in [-0.2, -0.15) is 0 Å². The molecular weight excluding hydrogens is 224 g/mol. The predicted molar refractivity (Wildman–Crippen MR) is 73.3 cm³/mol. The molecule has 1 aromatic carbocycles. The molecule has 98 valence electrons. The highest BCUT2D eigenvalue weighted by Crippen LogP contribution is 2.26. The summed E-state index contributed by atoms with van der Waals surface area (Å²) in [5, 5.41) is 3.45. The lowest BCUT2D eigenvalue weighted by atomic mass is 10.1. The summed E-state index contributed by atoms with van der Waals surface area (Å²) in [6.45, 7) is 6.78. The van der Waals surface area contributed by atoms with Crippen LogP contribution in [0.25, 0.3) is 0 Å². The Balaban J connectivity index is 1.56. The topological polar surface area (TPSA) is 24.5 Å². The summed E-state index contributed by atoms with van der Waals surface area (Å²) in [7, 11) is 0. The van der Waals surface area contributed by atoms with Gasteiger partial charge in [0.2, 0.25) is 0 Å². The van der Waals surface area contributed by atoms with Crippen LogP contribution in [-0.2, 0) is 12.8 Å². The highest BCUT2D eigenvalue weighted by molar-refractivity contribution is 5.39. The third-order valence-corrected chi connectivity index (χ3v) is 3.90. The maximum absolute atomic E-state index is 5.55. The van der Waals surface area contributed by atoms with E-state index in [2.05, 4.69) is 28.4 Å². The van der Waals surface area contributed by atoms with E-state index in [1.165, 1.54) is 43.7 Å². The maximum Gasteiger partial charge on any atom is 0.122 e. The molecule has 1 fully saturated rings. The zero-order chi connectivity index (χ0) is 12.2. The Morgan fingerprint density at radius 2 is 2.22 bits per heavy atom. The van der Waals surface area contributed by atoms with E-state index in [0.29, 0.717) is 0 Å². The second-order valence-electron chi connectivity index (χ2n) is 5.24. The predicted octanol–water partition coefficient (Wildman–Crippen LogP) is 1.46. The Morgan fingerprint density at radius 3 is 3.22 bits per heavy atom. The van der Waals surface area contributed by atoms with Gasteiger partial charge in [0.1, 0.15) is 5.75 Å². The summed E-state index contributed by atoms with van der Waals surface area (Å²) in [4.78, 5) is 2.57. The zero-order valence-corrected chi connectivity index (χ0v) is 11.0. The molecule has 3 rings (SSSR count). The normalized spacial score (nSPS) is 20.2. The fraction of sp³-hybridized carbons (Fsp3) is 0.600. The summed E-state index contributed by atoms with van der Waals surface area (Å²) in [6.07, 6.45) is 3.52. The highest BCUT2D eigenvalue weighted by atomic mass is 16.5. The van der Waals surface area contributed by atoms with Crippen LogP contribution in [0.1, 0.15) is 17.5 Å². The summed E-state index contributed by atoms with van der Waals surface area (Å²) in [6, 6.07) is 6.69. The first-order valence-electron chi connectivity index (χ1n) is 7.09. The van der Waals surface area contributed by atoms with E-state index in [0.717, 1.165) is 31.7 Å². The van der Waals surface area contributed by atoms with Crippen LogP contribution in [-0.4, -0.2) is 44.2 Å². The SMILES string of the molecule is c1cc2c(cc1CCN1CCCNCC1)CCO2. The lowest BCUT2D eigenvalue weighted by Gasteiger charge is -2.19. The molecule has 2 aliphatic rings. The Hall–Kier alpha value is -1.06. The lowest BCUT2D eigenvalue weighted by Crippen LogP contribution is -2.30. The highest BCUT2D eigenvalue weighted by Gasteiger charge is 2.13. The van der Waals surface area contributed by atoms with Crippen LogP contribution < -0.4 is 10.1 Å². The quantitative estimate of drug-likeness (QED) is 0.874. The number of nitrogens with zero attached hydrogens (tertiary/aromatic N) is 1. The molecule has 1 aromatic rings. The molecule has 0 atom stereocenters. The van der Waals surface area contributed by atoms with Gasteiger partial charge in [0.25, 0.3) is 0 Å². The fourth-order valence-corrected chi connectivity index (χ4v) is 2.81. The monoisotopic (exact) mass is 246 g/mol. The van der Waals surface area contributed by atoms with Crippen molar-refractivity contribution in [2.75, 3.05) is 39.3 Å². The lowest BCUT2D eigenvalue weighted by molar-refractivity contribution is 0.296. The van der Waals surface area contributed by atoms with Crippen molar-refractivity contribution in [3.05, 3.63) is 29.3 Å². The first-order valence-corrected chi connectivity index (χ1v) is 7.09. The Kier molecular flexibility index (Phi) is 3.81. The van der Waals surface area contributed by atoms with Crippen molar-refractivity contribution >= 4 is 0 Å². The Bertz CT molecular complexity index is 397. The van der Waals surface area contributed by atoms with Gasteiger partial charge in [-0.1, -0.05) is 12.1 Å². The molecule has 0 amide bonds. The van der Waals surface area contributed by atoms with E-state index in [1.807, 2.05) is 0 Å². The number of nitrogens with one attached hydrogen (secondary N) is 1. The molecule has 0 spiro atoms. The standard InChI is InChI=1S/C15H22N2O/c1-6-16-7-10-17(8-1)9-4-13-2-3-15-14(12-13)5-11-18-15/h2-3,12,16H,1,4-11H2.